The zero-order chi connectivity index (χ0) is 17.8. The minimum absolute atomic E-state index is 0.186. The van der Waals surface area contributed by atoms with Crippen molar-refractivity contribution >= 4 is 11.9 Å². The third-order valence-electron chi connectivity index (χ3n) is 4.08. The van der Waals surface area contributed by atoms with E-state index in [0.29, 0.717) is 12.5 Å². The highest BCUT2D eigenvalue weighted by molar-refractivity contribution is 5.92. The van der Waals surface area contributed by atoms with E-state index in [0.717, 1.165) is 18.5 Å². The summed E-state index contributed by atoms with van der Waals surface area (Å²) in [5.41, 5.74) is 7.17. The lowest BCUT2D eigenvalue weighted by Gasteiger charge is -2.21. The zero-order valence-corrected chi connectivity index (χ0v) is 15.5. The summed E-state index contributed by atoms with van der Waals surface area (Å²) in [5.74, 6) is 0.597. The lowest BCUT2D eigenvalue weighted by Crippen LogP contribution is -2.37. The number of hydrogen-bond donors (Lipinski definition) is 2. The van der Waals surface area contributed by atoms with Crippen LogP contribution in [0.2, 0.25) is 0 Å². The highest BCUT2D eigenvalue weighted by Crippen LogP contribution is 2.06. The lowest BCUT2D eigenvalue weighted by molar-refractivity contribution is 0.458. The van der Waals surface area contributed by atoms with Gasteiger partial charge in [0.05, 0.1) is 0 Å². The van der Waals surface area contributed by atoms with Crippen molar-refractivity contribution < 1.29 is 0 Å². The van der Waals surface area contributed by atoms with Crippen LogP contribution in [0, 0.1) is 5.41 Å². The molecule has 0 saturated carbocycles. The second kappa shape index (κ2) is 11.5. The second-order valence-electron chi connectivity index (χ2n) is 6.32. The number of aliphatic imine (C=N–C) groups is 1. The van der Waals surface area contributed by atoms with E-state index >= 15 is 0 Å². The molecule has 0 aliphatic rings. The average Bonchev–Trinajstić information content (AvgIpc) is 2.58. The number of benzene rings is 1. The molecule has 0 heterocycles. The third kappa shape index (κ3) is 7.99. The molecule has 24 heavy (non-hydrogen) atoms. The van der Waals surface area contributed by atoms with Crippen molar-refractivity contribution in [1.82, 2.24) is 9.80 Å². The van der Waals surface area contributed by atoms with E-state index in [1.165, 1.54) is 32.1 Å². The SMILES string of the molecule is CCCCCCCCN(C)/C(N)=N\C(=N)N(C)Cc1ccccc1. The van der Waals surface area contributed by atoms with Gasteiger partial charge in [0.15, 0.2) is 5.96 Å². The van der Waals surface area contributed by atoms with E-state index in [9.17, 15) is 0 Å². The Kier molecular flexibility index (Phi) is 9.58. The normalized spacial score (nSPS) is 11.4. The van der Waals surface area contributed by atoms with Crippen molar-refractivity contribution in [2.45, 2.75) is 52.0 Å². The monoisotopic (exact) mass is 331 g/mol. The van der Waals surface area contributed by atoms with Crippen LogP contribution in [0.4, 0.5) is 0 Å². The molecule has 134 valence electrons. The minimum Gasteiger partial charge on any atom is -0.369 e. The van der Waals surface area contributed by atoms with Crippen LogP contribution in [0.3, 0.4) is 0 Å². The van der Waals surface area contributed by atoms with E-state index in [2.05, 4.69) is 11.9 Å². The van der Waals surface area contributed by atoms with Crippen molar-refractivity contribution in [3.8, 4) is 0 Å². The van der Waals surface area contributed by atoms with Gasteiger partial charge in [-0.05, 0) is 12.0 Å². The molecule has 0 aliphatic heterocycles. The Morgan fingerprint density at radius 3 is 2.29 bits per heavy atom. The van der Waals surface area contributed by atoms with Gasteiger partial charge in [0.25, 0.3) is 0 Å². The molecule has 3 N–H and O–H groups in total. The first-order valence-corrected chi connectivity index (χ1v) is 8.93. The Hall–Kier alpha value is -2.04. The van der Waals surface area contributed by atoms with Crippen molar-refractivity contribution in [2.75, 3.05) is 20.6 Å². The zero-order valence-electron chi connectivity index (χ0n) is 15.5. The first kappa shape index (κ1) is 20.0. The molecule has 1 aromatic rings. The molecule has 0 unspecified atom stereocenters. The molecule has 0 radical (unpaired) electrons. The van der Waals surface area contributed by atoms with Crippen LogP contribution in [0.5, 0.6) is 0 Å². The number of rotatable bonds is 9. The maximum Gasteiger partial charge on any atom is 0.221 e. The van der Waals surface area contributed by atoms with Gasteiger partial charge in [0.1, 0.15) is 0 Å². The molecule has 0 amide bonds. The van der Waals surface area contributed by atoms with Gasteiger partial charge in [-0.3, -0.25) is 5.41 Å². The van der Waals surface area contributed by atoms with Crippen LogP contribution >= 0.6 is 0 Å². The summed E-state index contributed by atoms with van der Waals surface area (Å²) in [4.78, 5) is 7.96. The number of nitrogens with one attached hydrogen (secondary N) is 1. The fraction of sp³-hybridized carbons (Fsp3) is 0.579. The van der Waals surface area contributed by atoms with Gasteiger partial charge >= 0.3 is 0 Å². The summed E-state index contributed by atoms with van der Waals surface area (Å²) in [6, 6.07) is 10.1. The number of nitrogens with zero attached hydrogens (tertiary/aromatic N) is 3. The molecule has 1 aromatic carbocycles. The van der Waals surface area contributed by atoms with E-state index < -0.39 is 0 Å². The summed E-state index contributed by atoms with van der Waals surface area (Å²) in [7, 11) is 3.80. The molecule has 0 spiro atoms. The lowest BCUT2D eigenvalue weighted by atomic mass is 10.1. The third-order valence-corrected chi connectivity index (χ3v) is 4.08. The van der Waals surface area contributed by atoms with Gasteiger partial charge < -0.3 is 15.5 Å². The highest BCUT2D eigenvalue weighted by atomic mass is 15.3. The number of hydrogen-bond acceptors (Lipinski definition) is 1. The molecular formula is C19H33N5. The van der Waals surface area contributed by atoms with E-state index in [1.807, 2.05) is 49.3 Å². The smallest absolute Gasteiger partial charge is 0.221 e. The van der Waals surface area contributed by atoms with Gasteiger partial charge in [0, 0.05) is 27.2 Å². The van der Waals surface area contributed by atoms with Crippen molar-refractivity contribution in [3.63, 3.8) is 0 Å². The molecule has 0 aromatic heterocycles. The van der Waals surface area contributed by atoms with Crippen LogP contribution in [0.25, 0.3) is 0 Å². The predicted octanol–water partition coefficient (Wildman–Crippen LogP) is 3.66. The molecule has 5 heteroatoms. The fourth-order valence-corrected chi connectivity index (χ4v) is 2.46. The number of nitrogens with two attached hydrogens (primary N) is 1. The van der Waals surface area contributed by atoms with Crippen LogP contribution in [0.1, 0.15) is 51.0 Å². The minimum atomic E-state index is 0.186. The molecular weight excluding hydrogens is 298 g/mol. The second-order valence-corrected chi connectivity index (χ2v) is 6.32. The van der Waals surface area contributed by atoms with Crippen LogP contribution < -0.4 is 5.73 Å². The molecule has 5 nitrogen and oxygen atoms in total. The Morgan fingerprint density at radius 2 is 1.62 bits per heavy atom. The number of unbranched alkanes of at least 4 members (excludes halogenated alkanes) is 5. The Morgan fingerprint density at radius 1 is 1.00 bits per heavy atom. The van der Waals surface area contributed by atoms with Crippen molar-refractivity contribution in [1.29, 1.82) is 5.41 Å². The van der Waals surface area contributed by atoms with Crippen LogP contribution in [-0.4, -0.2) is 42.4 Å². The van der Waals surface area contributed by atoms with Crippen molar-refractivity contribution in [2.24, 2.45) is 10.7 Å². The van der Waals surface area contributed by atoms with Crippen LogP contribution in [0.15, 0.2) is 35.3 Å². The highest BCUT2D eigenvalue weighted by Gasteiger charge is 2.07. The van der Waals surface area contributed by atoms with Gasteiger partial charge in [0.2, 0.25) is 5.96 Å². The molecule has 0 aliphatic carbocycles. The summed E-state index contributed by atoms with van der Waals surface area (Å²) in [6.45, 7) is 3.77. The first-order valence-electron chi connectivity index (χ1n) is 8.93. The largest absolute Gasteiger partial charge is 0.369 e. The van der Waals surface area contributed by atoms with Crippen molar-refractivity contribution in [3.05, 3.63) is 35.9 Å². The topological polar surface area (TPSA) is 68.7 Å². The van der Waals surface area contributed by atoms with E-state index in [-0.39, 0.29) is 5.96 Å². The van der Waals surface area contributed by atoms with Gasteiger partial charge in [-0.2, -0.15) is 4.99 Å². The quantitative estimate of drug-likeness (QED) is 0.412. The van der Waals surface area contributed by atoms with Crippen LogP contribution in [-0.2, 0) is 6.54 Å². The van der Waals surface area contributed by atoms with Gasteiger partial charge in [-0.1, -0.05) is 69.4 Å². The maximum absolute atomic E-state index is 8.09. The summed E-state index contributed by atoms with van der Waals surface area (Å²) in [6.07, 6.45) is 7.54. The predicted molar refractivity (Wildman–Crippen MR) is 103 cm³/mol. The molecule has 0 bridgehead atoms. The van der Waals surface area contributed by atoms with Gasteiger partial charge in [-0.25, -0.2) is 0 Å². The van der Waals surface area contributed by atoms with E-state index in [4.69, 9.17) is 11.1 Å². The summed E-state index contributed by atoms with van der Waals surface area (Å²) in [5, 5.41) is 8.09. The maximum atomic E-state index is 8.09. The fourth-order valence-electron chi connectivity index (χ4n) is 2.46. The molecule has 0 fully saturated rings. The summed E-state index contributed by atoms with van der Waals surface area (Å²) >= 11 is 0. The Labute approximate surface area is 147 Å². The summed E-state index contributed by atoms with van der Waals surface area (Å²) < 4.78 is 0. The standard InChI is InChI=1S/C19H33N5/c1-4-5-6-7-8-12-15-23(2)18(20)22-19(21)24(3)16-17-13-10-9-11-14-17/h9-11,13-14H,4-8,12,15-16H2,1-3H3,(H3,20,21,22). The molecule has 0 atom stereocenters. The number of guanidine groups is 2. The Balaban J connectivity index is 2.35. The van der Waals surface area contributed by atoms with Gasteiger partial charge in [-0.15, -0.1) is 0 Å². The molecule has 1 rings (SSSR count). The average molecular weight is 332 g/mol. The Bertz CT molecular complexity index is 498. The van der Waals surface area contributed by atoms with E-state index in [1.54, 1.807) is 4.90 Å². The first-order chi connectivity index (χ1) is 11.5. The molecule has 0 saturated heterocycles.